The first-order valence-electron chi connectivity index (χ1n) is 7.26. The molecule has 5 heteroatoms. The fourth-order valence-electron chi connectivity index (χ4n) is 2.44. The van der Waals surface area contributed by atoms with Crippen molar-refractivity contribution in [3.05, 3.63) is 65.4 Å². The van der Waals surface area contributed by atoms with E-state index in [0.29, 0.717) is 22.3 Å². The predicted molar refractivity (Wildman–Crippen MR) is 92.3 cm³/mol. The molecule has 1 aromatic heterocycles. The van der Waals surface area contributed by atoms with E-state index in [1.165, 1.54) is 13.2 Å². The summed E-state index contributed by atoms with van der Waals surface area (Å²) >= 11 is 0. The van der Waals surface area contributed by atoms with Crippen LogP contribution in [0.1, 0.15) is 21.6 Å². The first-order valence-corrected chi connectivity index (χ1v) is 7.26. The summed E-state index contributed by atoms with van der Waals surface area (Å²) in [7, 11) is 1.48. The second-order valence-corrected chi connectivity index (χ2v) is 5.18. The maximum absolute atomic E-state index is 11.5. The van der Waals surface area contributed by atoms with E-state index in [2.05, 4.69) is 4.98 Å². The topological polar surface area (TPSA) is 79.7 Å². The Hall–Kier alpha value is -3.34. The third-order valence-electron chi connectivity index (χ3n) is 3.62. The zero-order valence-corrected chi connectivity index (χ0v) is 12.9. The van der Waals surface area contributed by atoms with Crippen molar-refractivity contribution in [2.75, 3.05) is 7.11 Å². The molecule has 5 nitrogen and oxygen atoms in total. The van der Waals surface area contributed by atoms with Gasteiger partial charge in [0.1, 0.15) is 0 Å². The molecule has 0 aliphatic rings. The van der Waals surface area contributed by atoms with Crippen molar-refractivity contribution in [3.63, 3.8) is 0 Å². The number of phenols is 1. The number of carbonyl (C=O) groups is 1. The van der Waals surface area contributed by atoms with Crippen molar-refractivity contribution < 1.29 is 19.7 Å². The highest BCUT2D eigenvalue weighted by molar-refractivity contribution is 6.03. The molecule has 0 spiro atoms. The largest absolute Gasteiger partial charge is 0.504 e. The molecule has 0 bridgehead atoms. The van der Waals surface area contributed by atoms with Crippen LogP contribution in [0, 0.1) is 0 Å². The average Bonchev–Trinajstić information content (AvgIpc) is 2.60. The van der Waals surface area contributed by atoms with E-state index >= 15 is 0 Å². The van der Waals surface area contributed by atoms with Gasteiger partial charge in [-0.2, -0.15) is 0 Å². The summed E-state index contributed by atoms with van der Waals surface area (Å²) in [6, 6.07) is 13.6. The average molecular weight is 321 g/mol. The monoisotopic (exact) mass is 321 g/mol. The van der Waals surface area contributed by atoms with Crippen LogP contribution in [0.2, 0.25) is 0 Å². The Bertz CT molecular complexity index is 947. The predicted octanol–water partition coefficient (Wildman–Crippen LogP) is 3.82. The van der Waals surface area contributed by atoms with E-state index < -0.39 is 5.97 Å². The molecule has 0 atom stereocenters. The summed E-state index contributed by atoms with van der Waals surface area (Å²) in [5.41, 5.74) is 2.18. The van der Waals surface area contributed by atoms with Crippen LogP contribution in [-0.4, -0.2) is 28.3 Å². The molecule has 24 heavy (non-hydrogen) atoms. The lowest BCUT2D eigenvalue weighted by atomic mass is 10.1. The van der Waals surface area contributed by atoms with Gasteiger partial charge < -0.3 is 14.9 Å². The second-order valence-electron chi connectivity index (χ2n) is 5.18. The van der Waals surface area contributed by atoms with Gasteiger partial charge in [0.2, 0.25) is 0 Å². The highest BCUT2D eigenvalue weighted by Gasteiger charge is 2.10. The molecule has 0 saturated heterocycles. The minimum Gasteiger partial charge on any atom is -0.504 e. The normalized spacial score (nSPS) is 11.0. The lowest BCUT2D eigenvalue weighted by Crippen LogP contribution is -2.00. The van der Waals surface area contributed by atoms with E-state index in [1.807, 2.05) is 6.07 Å². The Labute approximate surface area is 138 Å². The molecule has 0 saturated carbocycles. The lowest BCUT2D eigenvalue weighted by molar-refractivity contribution is 0.0699. The molecular formula is C19H15NO4. The van der Waals surface area contributed by atoms with Crippen molar-refractivity contribution in [1.82, 2.24) is 4.98 Å². The third kappa shape index (κ3) is 3.05. The minimum atomic E-state index is -0.991. The van der Waals surface area contributed by atoms with Crippen LogP contribution >= 0.6 is 0 Å². The number of methoxy groups -OCH3 is 1. The smallest absolute Gasteiger partial charge is 0.336 e. The number of rotatable bonds is 4. The summed E-state index contributed by atoms with van der Waals surface area (Å²) in [5, 5.41) is 19.6. The fourth-order valence-corrected chi connectivity index (χ4v) is 2.44. The standard InChI is InChI=1S/C19H15NO4/c1-24-18-10-12(7-9-17(18)21)6-8-13-11-15(19(22)23)14-4-2-3-5-16(14)20-13/h2-11,21H,1H3,(H,22,23). The molecule has 120 valence electrons. The molecule has 2 aromatic carbocycles. The van der Waals surface area contributed by atoms with Gasteiger partial charge in [0.25, 0.3) is 0 Å². The van der Waals surface area contributed by atoms with Gasteiger partial charge in [-0.3, -0.25) is 0 Å². The summed E-state index contributed by atoms with van der Waals surface area (Å²) in [4.78, 5) is 15.9. The van der Waals surface area contributed by atoms with Gasteiger partial charge in [0.15, 0.2) is 11.5 Å². The number of nitrogens with zero attached hydrogens (tertiary/aromatic N) is 1. The first-order chi connectivity index (χ1) is 11.6. The van der Waals surface area contributed by atoms with Crippen LogP contribution in [0.3, 0.4) is 0 Å². The third-order valence-corrected chi connectivity index (χ3v) is 3.62. The number of hydrogen-bond acceptors (Lipinski definition) is 4. The highest BCUT2D eigenvalue weighted by atomic mass is 16.5. The van der Waals surface area contributed by atoms with Gasteiger partial charge in [-0.15, -0.1) is 0 Å². The van der Waals surface area contributed by atoms with E-state index in [0.717, 1.165) is 5.56 Å². The summed E-state index contributed by atoms with van der Waals surface area (Å²) in [5.74, 6) is -0.559. The number of aromatic nitrogens is 1. The maximum atomic E-state index is 11.5. The van der Waals surface area contributed by atoms with Crippen LogP contribution in [-0.2, 0) is 0 Å². The molecule has 0 fully saturated rings. The Morgan fingerprint density at radius 3 is 2.67 bits per heavy atom. The quantitative estimate of drug-likeness (QED) is 0.763. The SMILES string of the molecule is COc1cc(C=Cc2cc(C(=O)O)c3ccccc3n2)ccc1O. The fraction of sp³-hybridized carbons (Fsp3) is 0.0526. The summed E-state index contributed by atoms with van der Waals surface area (Å²) < 4.78 is 5.07. The number of phenolic OH excluding ortho intramolecular Hbond substituents is 1. The van der Waals surface area contributed by atoms with Gasteiger partial charge >= 0.3 is 5.97 Å². The minimum absolute atomic E-state index is 0.0617. The van der Waals surface area contributed by atoms with E-state index in [-0.39, 0.29) is 11.3 Å². The summed E-state index contributed by atoms with van der Waals surface area (Å²) in [6.07, 6.45) is 3.51. The van der Waals surface area contributed by atoms with E-state index in [9.17, 15) is 15.0 Å². The molecule has 1 heterocycles. The molecular weight excluding hydrogens is 306 g/mol. The van der Waals surface area contributed by atoms with Crippen LogP contribution in [0.4, 0.5) is 0 Å². The van der Waals surface area contributed by atoms with Crippen LogP contribution in [0.5, 0.6) is 11.5 Å². The van der Waals surface area contributed by atoms with Crippen LogP contribution in [0.15, 0.2) is 48.5 Å². The van der Waals surface area contributed by atoms with Crippen LogP contribution < -0.4 is 4.74 Å². The molecule has 0 unspecified atom stereocenters. The Kier molecular flexibility index (Phi) is 4.16. The number of aromatic carboxylic acids is 1. The number of ether oxygens (including phenoxy) is 1. The molecule has 0 radical (unpaired) electrons. The van der Waals surface area contributed by atoms with Gasteiger partial charge in [0.05, 0.1) is 23.9 Å². The second kappa shape index (κ2) is 6.42. The van der Waals surface area contributed by atoms with E-state index in [1.54, 1.807) is 48.6 Å². The van der Waals surface area contributed by atoms with Gasteiger partial charge in [-0.1, -0.05) is 30.3 Å². The maximum Gasteiger partial charge on any atom is 0.336 e. The number of benzene rings is 2. The van der Waals surface area contributed by atoms with Crippen molar-refractivity contribution in [3.8, 4) is 11.5 Å². The van der Waals surface area contributed by atoms with Gasteiger partial charge in [-0.05, 0) is 35.9 Å². The number of hydrogen-bond donors (Lipinski definition) is 2. The van der Waals surface area contributed by atoms with Crippen molar-refractivity contribution in [1.29, 1.82) is 0 Å². The van der Waals surface area contributed by atoms with Crippen molar-refractivity contribution in [2.24, 2.45) is 0 Å². The molecule has 3 aromatic rings. The number of fused-ring (bicyclic) bond motifs is 1. The lowest BCUT2D eigenvalue weighted by Gasteiger charge is -2.05. The van der Waals surface area contributed by atoms with Gasteiger partial charge in [-0.25, -0.2) is 9.78 Å². The Morgan fingerprint density at radius 2 is 1.92 bits per heavy atom. The molecule has 0 amide bonds. The van der Waals surface area contributed by atoms with Crippen molar-refractivity contribution >= 4 is 29.0 Å². The molecule has 0 aliphatic carbocycles. The molecule has 3 rings (SSSR count). The number of aromatic hydroxyl groups is 1. The Balaban J connectivity index is 2.02. The van der Waals surface area contributed by atoms with E-state index in [4.69, 9.17) is 4.74 Å². The van der Waals surface area contributed by atoms with Crippen molar-refractivity contribution in [2.45, 2.75) is 0 Å². The number of para-hydroxylation sites is 1. The highest BCUT2D eigenvalue weighted by Crippen LogP contribution is 2.27. The number of carboxylic acid groups (broad SMARTS) is 1. The molecule has 2 N–H and O–H groups in total. The molecule has 0 aliphatic heterocycles. The zero-order chi connectivity index (χ0) is 17.1. The summed E-state index contributed by atoms with van der Waals surface area (Å²) in [6.45, 7) is 0. The number of carboxylic acids is 1. The Morgan fingerprint density at radius 1 is 1.12 bits per heavy atom. The first kappa shape index (κ1) is 15.6. The van der Waals surface area contributed by atoms with Crippen LogP contribution in [0.25, 0.3) is 23.1 Å². The van der Waals surface area contributed by atoms with Gasteiger partial charge in [0, 0.05) is 5.39 Å². The zero-order valence-electron chi connectivity index (χ0n) is 12.9. The number of pyridine rings is 1.